The molecule has 2 aromatic rings. The monoisotopic (exact) mass is 343 g/mol. The Morgan fingerprint density at radius 3 is 2.88 bits per heavy atom. The first-order chi connectivity index (χ1) is 12.1. The van der Waals surface area contributed by atoms with Crippen molar-refractivity contribution in [1.29, 1.82) is 0 Å². The van der Waals surface area contributed by atoms with E-state index in [-0.39, 0.29) is 11.8 Å². The summed E-state index contributed by atoms with van der Waals surface area (Å²) < 4.78 is 6.88. The van der Waals surface area contributed by atoms with Crippen LogP contribution in [0.1, 0.15) is 43.0 Å². The molecular weight excluding hydrogens is 318 g/mol. The number of nitrogens with one attached hydrogen (secondary N) is 2. The van der Waals surface area contributed by atoms with Crippen molar-refractivity contribution in [2.75, 3.05) is 25.5 Å². The van der Waals surface area contributed by atoms with Gasteiger partial charge in [0, 0.05) is 13.0 Å². The van der Waals surface area contributed by atoms with Gasteiger partial charge in [-0.3, -0.25) is 10.1 Å². The zero-order valence-electron chi connectivity index (χ0n) is 15.0. The number of methoxy groups -OCH3 is 1. The molecule has 1 aromatic heterocycles. The number of ether oxygens (including phenoxy) is 1. The summed E-state index contributed by atoms with van der Waals surface area (Å²) in [5.41, 5.74) is 0.901. The van der Waals surface area contributed by atoms with Crippen LogP contribution in [0.4, 0.5) is 5.95 Å². The number of nitrogens with zero attached hydrogens (tertiary/aromatic N) is 3. The lowest BCUT2D eigenvalue weighted by molar-refractivity contribution is -0.117. The third-order valence-electron chi connectivity index (χ3n) is 4.71. The second kappa shape index (κ2) is 7.65. The average molecular weight is 343 g/mol. The predicted molar refractivity (Wildman–Crippen MR) is 95.9 cm³/mol. The van der Waals surface area contributed by atoms with Crippen molar-refractivity contribution in [2.24, 2.45) is 7.05 Å². The molecule has 1 aliphatic heterocycles. The largest absolute Gasteiger partial charge is 0.497 e. The molecule has 1 saturated heterocycles. The minimum Gasteiger partial charge on any atom is -0.497 e. The van der Waals surface area contributed by atoms with Gasteiger partial charge in [0.2, 0.25) is 11.9 Å². The van der Waals surface area contributed by atoms with Gasteiger partial charge in [0.15, 0.2) is 5.82 Å². The lowest BCUT2D eigenvalue weighted by atomic mass is 9.98. The van der Waals surface area contributed by atoms with E-state index in [2.05, 4.69) is 20.7 Å². The molecule has 1 aliphatic rings. The minimum absolute atomic E-state index is 0.111. The van der Waals surface area contributed by atoms with E-state index in [0.29, 0.717) is 11.9 Å². The highest BCUT2D eigenvalue weighted by molar-refractivity contribution is 5.94. The number of benzene rings is 1. The van der Waals surface area contributed by atoms with Crippen LogP contribution in [0, 0.1) is 0 Å². The van der Waals surface area contributed by atoms with Gasteiger partial charge in [-0.1, -0.05) is 12.1 Å². The molecule has 2 heterocycles. The van der Waals surface area contributed by atoms with Gasteiger partial charge in [-0.2, -0.15) is 10.1 Å². The highest BCUT2D eigenvalue weighted by Crippen LogP contribution is 2.25. The average Bonchev–Trinajstić information content (AvgIpc) is 3.02. The Morgan fingerprint density at radius 1 is 1.40 bits per heavy atom. The van der Waals surface area contributed by atoms with Gasteiger partial charge in [0.1, 0.15) is 5.75 Å². The molecule has 7 heteroatoms. The van der Waals surface area contributed by atoms with Crippen molar-refractivity contribution in [3.05, 3.63) is 35.7 Å². The van der Waals surface area contributed by atoms with Crippen LogP contribution in [0.15, 0.2) is 24.3 Å². The molecule has 1 fully saturated rings. The molecule has 2 N–H and O–H groups in total. The summed E-state index contributed by atoms with van der Waals surface area (Å²) in [5, 5.41) is 10.7. The number of carbonyl (C=O) groups is 1. The highest BCUT2D eigenvalue weighted by Gasteiger charge is 2.23. The Kier molecular flexibility index (Phi) is 5.33. The van der Waals surface area contributed by atoms with Crippen molar-refractivity contribution in [2.45, 2.75) is 31.6 Å². The van der Waals surface area contributed by atoms with E-state index >= 15 is 0 Å². The Labute approximate surface area is 147 Å². The summed E-state index contributed by atoms with van der Waals surface area (Å²) in [4.78, 5) is 17.2. The summed E-state index contributed by atoms with van der Waals surface area (Å²) in [6.07, 6.45) is 2.05. The molecule has 0 bridgehead atoms. The van der Waals surface area contributed by atoms with Crippen LogP contribution in [-0.4, -0.2) is 40.9 Å². The van der Waals surface area contributed by atoms with Crippen LogP contribution in [-0.2, 0) is 11.8 Å². The SMILES string of the molecule is COc1cccc(C(C)C(=O)Nc2nc(C3CCNCC3)nn2C)c1. The quantitative estimate of drug-likeness (QED) is 0.868. The number of aromatic nitrogens is 3. The molecule has 7 nitrogen and oxygen atoms in total. The maximum absolute atomic E-state index is 12.6. The van der Waals surface area contributed by atoms with Crippen LogP contribution >= 0.6 is 0 Å². The first-order valence-corrected chi connectivity index (χ1v) is 8.65. The molecule has 0 saturated carbocycles. The number of hydrogen-bond acceptors (Lipinski definition) is 5. The van der Waals surface area contributed by atoms with Gasteiger partial charge in [-0.15, -0.1) is 0 Å². The molecule has 1 unspecified atom stereocenters. The normalized spacial score (nSPS) is 16.4. The third-order valence-corrected chi connectivity index (χ3v) is 4.71. The zero-order valence-corrected chi connectivity index (χ0v) is 15.0. The fraction of sp³-hybridized carbons (Fsp3) is 0.500. The van der Waals surface area contributed by atoms with Gasteiger partial charge < -0.3 is 10.1 Å². The van der Waals surface area contributed by atoms with Crippen LogP contribution in [0.25, 0.3) is 0 Å². The van der Waals surface area contributed by atoms with Crippen LogP contribution in [0.3, 0.4) is 0 Å². The Balaban J connectivity index is 1.70. The van der Waals surface area contributed by atoms with E-state index in [1.807, 2.05) is 38.2 Å². The molecule has 0 aliphatic carbocycles. The summed E-state index contributed by atoms with van der Waals surface area (Å²) in [6, 6.07) is 7.54. The van der Waals surface area contributed by atoms with Crippen molar-refractivity contribution < 1.29 is 9.53 Å². The number of anilines is 1. The van der Waals surface area contributed by atoms with Crippen LogP contribution in [0.5, 0.6) is 5.75 Å². The molecule has 25 heavy (non-hydrogen) atoms. The Bertz CT molecular complexity index is 737. The third kappa shape index (κ3) is 3.99. The number of piperidine rings is 1. The van der Waals surface area contributed by atoms with E-state index in [0.717, 1.165) is 43.1 Å². The number of carbonyl (C=O) groups excluding carboxylic acids is 1. The topological polar surface area (TPSA) is 81.1 Å². The summed E-state index contributed by atoms with van der Waals surface area (Å²) in [5.74, 6) is 1.98. The molecule has 0 spiro atoms. The van der Waals surface area contributed by atoms with Gasteiger partial charge in [-0.05, 0) is 50.6 Å². The first kappa shape index (κ1) is 17.4. The minimum atomic E-state index is -0.311. The van der Waals surface area contributed by atoms with Gasteiger partial charge in [0.25, 0.3) is 0 Å². The second-order valence-electron chi connectivity index (χ2n) is 6.43. The van der Waals surface area contributed by atoms with Gasteiger partial charge in [-0.25, -0.2) is 4.68 Å². The van der Waals surface area contributed by atoms with Crippen LogP contribution < -0.4 is 15.4 Å². The van der Waals surface area contributed by atoms with Gasteiger partial charge in [0.05, 0.1) is 13.0 Å². The summed E-state index contributed by atoms with van der Waals surface area (Å²) in [6.45, 7) is 3.84. The Hall–Kier alpha value is -2.41. The summed E-state index contributed by atoms with van der Waals surface area (Å²) >= 11 is 0. The second-order valence-corrected chi connectivity index (χ2v) is 6.43. The molecule has 0 radical (unpaired) electrons. The van der Waals surface area contributed by atoms with E-state index in [1.165, 1.54) is 0 Å². The highest BCUT2D eigenvalue weighted by atomic mass is 16.5. The fourth-order valence-electron chi connectivity index (χ4n) is 3.05. The molecule has 3 rings (SSSR count). The first-order valence-electron chi connectivity index (χ1n) is 8.65. The lowest BCUT2D eigenvalue weighted by Crippen LogP contribution is -2.27. The smallest absolute Gasteiger partial charge is 0.233 e. The predicted octanol–water partition coefficient (Wildman–Crippen LogP) is 2.03. The number of hydrogen-bond donors (Lipinski definition) is 2. The number of aryl methyl sites for hydroxylation is 1. The maximum Gasteiger partial charge on any atom is 0.233 e. The number of amides is 1. The molecule has 134 valence electrons. The molecule has 1 aromatic carbocycles. The Morgan fingerprint density at radius 2 is 2.16 bits per heavy atom. The van der Waals surface area contributed by atoms with E-state index in [1.54, 1.807) is 11.8 Å². The maximum atomic E-state index is 12.6. The standard InChI is InChI=1S/C18H25N5O2/c1-12(14-5-4-6-15(11-14)25-3)17(24)21-18-20-16(22-23(18)2)13-7-9-19-10-8-13/h4-6,11-13,19H,7-10H2,1-3H3,(H,20,21,22,24). The van der Waals surface area contributed by atoms with E-state index < -0.39 is 0 Å². The molecule has 1 atom stereocenters. The number of rotatable bonds is 5. The van der Waals surface area contributed by atoms with Crippen molar-refractivity contribution in [1.82, 2.24) is 20.1 Å². The van der Waals surface area contributed by atoms with E-state index in [4.69, 9.17) is 4.74 Å². The van der Waals surface area contributed by atoms with Gasteiger partial charge >= 0.3 is 0 Å². The molecule has 1 amide bonds. The van der Waals surface area contributed by atoms with Crippen molar-refractivity contribution >= 4 is 11.9 Å². The van der Waals surface area contributed by atoms with E-state index in [9.17, 15) is 4.79 Å². The lowest BCUT2D eigenvalue weighted by Gasteiger charge is -2.19. The fourth-order valence-corrected chi connectivity index (χ4v) is 3.05. The van der Waals surface area contributed by atoms with Crippen molar-refractivity contribution in [3.8, 4) is 5.75 Å². The van der Waals surface area contributed by atoms with Crippen molar-refractivity contribution in [3.63, 3.8) is 0 Å². The summed E-state index contributed by atoms with van der Waals surface area (Å²) in [7, 11) is 3.43. The van der Waals surface area contributed by atoms with Crippen LogP contribution in [0.2, 0.25) is 0 Å². The molecular formula is C18H25N5O2. The zero-order chi connectivity index (χ0) is 17.8.